The van der Waals surface area contributed by atoms with Gasteiger partial charge in [0.25, 0.3) is 0 Å². The lowest BCUT2D eigenvalue weighted by molar-refractivity contribution is -0.115. The summed E-state index contributed by atoms with van der Waals surface area (Å²) < 4.78 is 9.91. The first-order valence-electron chi connectivity index (χ1n) is 10.3. The Hall–Kier alpha value is -2.25. The van der Waals surface area contributed by atoms with Gasteiger partial charge in [0.05, 0.1) is 25.0 Å². The highest BCUT2D eigenvalue weighted by molar-refractivity contribution is 8.01. The minimum atomic E-state index is -0.580. The van der Waals surface area contributed by atoms with E-state index in [-0.39, 0.29) is 40.4 Å². The van der Waals surface area contributed by atoms with Crippen LogP contribution in [0.3, 0.4) is 0 Å². The van der Waals surface area contributed by atoms with Gasteiger partial charge in [0.15, 0.2) is 0 Å². The number of carbonyl (C=O) groups is 3. The SMILES string of the molecule is CCOC(=O)c1c(NC(=O)CCS[C@@H]2NN[C@H]3Sc4ccccc4N23)sc(C(=O)OC)c1C. The number of rotatable bonds is 8. The largest absolute Gasteiger partial charge is 0.465 e. The van der Waals surface area contributed by atoms with Crippen LogP contribution in [0, 0.1) is 6.92 Å². The van der Waals surface area contributed by atoms with Gasteiger partial charge in [-0.05, 0) is 31.5 Å². The van der Waals surface area contributed by atoms with Crippen molar-refractivity contribution >= 4 is 63.4 Å². The van der Waals surface area contributed by atoms with Crippen molar-refractivity contribution in [2.24, 2.45) is 0 Å². The average Bonchev–Trinajstić information content (AvgIpc) is 3.45. The highest BCUT2D eigenvalue weighted by Crippen LogP contribution is 2.46. The van der Waals surface area contributed by atoms with E-state index in [4.69, 9.17) is 9.47 Å². The minimum Gasteiger partial charge on any atom is -0.465 e. The third-order valence-corrected chi connectivity index (χ3v) is 8.53. The number of fused-ring (bicyclic) bond motifs is 3. The molecule has 2 aliphatic rings. The molecule has 1 aromatic heterocycles. The van der Waals surface area contributed by atoms with Crippen LogP contribution < -0.4 is 21.1 Å². The number of thioether (sulfide) groups is 2. The Kier molecular flexibility index (Phi) is 7.49. The van der Waals surface area contributed by atoms with Crippen LogP contribution >= 0.6 is 34.9 Å². The molecule has 2 aromatic rings. The van der Waals surface area contributed by atoms with Gasteiger partial charge in [-0.2, -0.15) is 0 Å². The number of thiophene rings is 1. The van der Waals surface area contributed by atoms with E-state index in [9.17, 15) is 14.4 Å². The van der Waals surface area contributed by atoms with Crippen molar-refractivity contribution in [3.8, 4) is 0 Å². The number of hydrogen-bond donors (Lipinski definition) is 3. The van der Waals surface area contributed by atoms with E-state index in [0.717, 1.165) is 17.0 Å². The van der Waals surface area contributed by atoms with Gasteiger partial charge in [-0.1, -0.05) is 23.9 Å². The fourth-order valence-corrected chi connectivity index (χ4v) is 6.99. The minimum absolute atomic E-state index is 0.0102. The molecule has 3 N–H and O–H groups in total. The van der Waals surface area contributed by atoms with Gasteiger partial charge in [0.2, 0.25) is 5.91 Å². The van der Waals surface area contributed by atoms with Gasteiger partial charge in [0, 0.05) is 17.1 Å². The molecule has 1 amide bonds. The smallest absolute Gasteiger partial charge is 0.348 e. The van der Waals surface area contributed by atoms with Gasteiger partial charge in [-0.15, -0.1) is 23.1 Å². The maximum Gasteiger partial charge on any atom is 0.348 e. The Bertz CT molecular complexity index is 1080. The first-order valence-corrected chi connectivity index (χ1v) is 13.0. The van der Waals surface area contributed by atoms with E-state index in [1.807, 2.05) is 12.1 Å². The fraction of sp³-hybridized carbons (Fsp3) is 0.381. The second-order valence-electron chi connectivity index (χ2n) is 7.13. The maximum absolute atomic E-state index is 12.7. The molecule has 1 fully saturated rings. The fourth-order valence-electron chi connectivity index (χ4n) is 3.55. The van der Waals surface area contributed by atoms with Crippen LogP contribution in [0.5, 0.6) is 0 Å². The number of nitrogens with zero attached hydrogens (tertiary/aromatic N) is 1. The Balaban J connectivity index is 1.38. The summed E-state index contributed by atoms with van der Waals surface area (Å²) in [6, 6.07) is 8.23. The number of hydrazine groups is 1. The predicted octanol–water partition coefficient (Wildman–Crippen LogP) is 3.37. The molecule has 0 bridgehead atoms. The molecule has 1 saturated heterocycles. The normalized spacial score (nSPS) is 18.6. The highest BCUT2D eigenvalue weighted by atomic mass is 32.2. The molecular weight excluding hydrogens is 484 g/mol. The third-order valence-electron chi connectivity index (χ3n) is 5.07. The van der Waals surface area contributed by atoms with Crippen molar-refractivity contribution in [3.63, 3.8) is 0 Å². The molecule has 2 aliphatic heterocycles. The number of ether oxygens (including phenoxy) is 2. The lowest BCUT2D eigenvalue weighted by Crippen LogP contribution is -2.34. The molecular formula is C21H24N4O5S3. The van der Waals surface area contributed by atoms with Crippen LogP contribution in [-0.2, 0) is 14.3 Å². The van der Waals surface area contributed by atoms with E-state index in [1.54, 1.807) is 37.4 Å². The molecule has 0 unspecified atom stereocenters. The summed E-state index contributed by atoms with van der Waals surface area (Å²) >= 11 is 4.38. The number of esters is 2. The molecule has 0 saturated carbocycles. The van der Waals surface area contributed by atoms with Crippen molar-refractivity contribution in [3.05, 3.63) is 40.3 Å². The van der Waals surface area contributed by atoms with E-state index in [0.29, 0.717) is 16.3 Å². The standard InChI is InChI=1S/C21H24N4O5S3/c1-4-30-18(27)15-11(2)16(19(28)29-3)33-17(15)22-14(26)9-10-31-20-23-24-21-25(20)12-7-5-6-8-13(12)32-21/h5-8,20-21,23-24H,4,9-10H2,1-3H3,(H,22,26)/t20-,21-/m1/s1. The number of para-hydroxylation sites is 1. The number of benzene rings is 1. The monoisotopic (exact) mass is 508 g/mol. The summed E-state index contributed by atoms with van der Waals surface area (Å²) in [7, 11) is 1.27. The summed E-state index contributed by atoms with van der Waals surface area (Å²) in [5.74, 6) is -0.824. The summed E-state index contributed by atoms with van der Waals surface area (Å²) in [5, 5.41) is 3.08. The van der Waals surface area contributed by atoms with Gasteiger partial charge in [0.1, 0.15) is 20.9 Å². The quantitative estimate of drug-likeness (QED) is 0.459. The number of amides is 1. The Morgan fingerprint density at radius 1 is 1.21 bits per heavy atom. The van der Waals surface area contributed by atoms with Crippen LogP contribution in [-0.4, -0.2) is 48.3 Å². The van der Waals surface area contributed by atoms with Crippen molar-refractivity contribution in [2.45, 2.75) is 36.2 Å². The molecule has 9 nitrogen and oxygen atoms in total. The molecule has 2 atom stereocenters. The molecule has 0 radical (unpaired) electrons. The lowest BCUT2D eigenvalue weighted by Gasteiger charge is -2.23. The predicted molar refractivity (Wildman–Crippen MR) is 131 cm³/mol. The first kappa shape index (κ1) is 23.9. The zero-order valence-corrected chi connectivity index (χ0v) is 20.7. The molecule has 1 aromatic carbocycles. The van der Waals surface area contributed by atoms with Gasteiger partial charge >= 0.3 is 11.9 Å². The molecule has 33 heavy (non-hydrogen) atoms. The van der Waals surface area contributed by atoms with Crippen molar-refractivity contribution in [2.75, 3.05) is 29.7 Å². The molecule has 0 aliphatic carbocycles. The molecule has 3 heterocycles. The van der Waals surface area contributed by atoms with Crippen LogP contribution in [0.25, 0.3) is 0 Å². The number of methoxy groups -OCH3 is 1. The average molecular weight is 509 g/mol. The Morgan fingerprint density at radius 3 is 2.76 bits per heavy atom. The zero-order valence-electron chi connectivity index (χ0n) is 18.3. The molecule has 12 heteroatoms. The number of nitrogens with one attached hydrogen (secondary N) is 3. The van der Waals surface area contributed by atoms with Crippen LogP contribution in [0.2, 0.25) is 0 Å². The molecule has 4 rings (SSSR count). The van der Waals surface area contributed by atoms with Crippen molar-refractivity contribution < 1.29 is 23.9 Å². The van der Waals surface area contributed by atoms with E-state index in [1.165, 1.54) is 12.0 Å². The number of hydrogen-bond acceptors (Lipinski definition) is 11. The van der Waals surface area contributed by atoms with Crippen LogP contribution in [0.15, 0.2) is 29.2 Å². The van der Waals surface area contributed by atoms with E-state index >= 15 is 0 Å². The number of carbonyl (C=O) groups excluding carboxylic acids is 3. The Labute approximate surface area is 203 Å². The van der Waals surface area contributed by atoms with Gasteiger partial charge in [-0.3, -0.25) is 4.79 Å². The highest BCUT2D eigenvalue weighted by Gasteiger charge is 2.40. The van der Waals surface area contributed by atoms with Gasteiger partial charge in [-0.25, -0.2) is 20.4 Å². The van der Waals surface area contributed by atoms with E-state index < -0.39 is 11.9 Å². The molecule has 176 valence electrons. The van der Waals surface area contributed by atoms with E-state index in [2.05, 4.69) is 33.2 Å². The summed E-state index contributed by atoms with van der Waals surface area (Å²) in [6.45, 7) is 3.53. The summed E-state index contributed by atoms with van der Waals surface area (Å²) in [5.41, 5.74) is 8.44. The molecule has 0 spiro atoms. The second kappa shape index (κ2) is 10.3. The summed E-state index contributed by atoms with van der Waals surface area (Å²) in [6.07, 6.45) is 0.239. The number of anilines is 2. The third kappa shape index (κ3) is 4.85. The van der Waals surface area contributed by atoms with Crippen LogP contribution in [0.1, 0.15) is 38.9 Å². The van der Waals surface area contributed by atoms with Crippen LogP contribution in [0.4, 0.5) is 10.7 Å². The lowest BCUT2D eigenvalue weighted by atomic mass is 10.1. The maximum atomic E-state index is 12.7. The Morgan fingerprint density at radius 2 is 2.00 bits per heavy atom. The van der Waals surface area contributed by atoms with Crippen molar-refractivity contribution in [1.29, 1.82) is 0 Å². The second-order valence-corrected chi connectivity index (χ2v) is 10.5. The first-order chi connectivity index (χ1) is 15.9. The zero-order chi connectivity index (χ0) is 23.5. The summed E-state index contributed by atoms with van der Waals surface area (Å²) in [4.78, 5) is 40.9. The topological polar surface area (TPSA) is 109 Å². The van der Waals surface area contributed by atoms with Crippen molar-refractivity contribution in [1.82, 2.24) is 10.9 Å². The van der Waals surface area contributed by atoms with Gasteiger partial charge < -0.3 is 19.7 Å².